The summed E-state index contributed by atoms with van der Waals surface area (Å²) in [7, 11) is 0. The van der Waals surface area contributed by atoms with Gasteiger partial charge in [0.1, 0.15) is 11.3 Å². The van der Waals surface area contributed by atoms with Crippen LogP contribution in [0.25, 0.3) is 22.1 Å². The third-order valence-corrected chi connectivity index (χ3v) is 3.53. The number of benzene rings is 2. The molecule has 2 heteroatoms. The lowest BCUT2D eigenvalue weighted by Gasteiger charge is -2.05. The molecule has 0 aliphatic heterocycles. The first-order valence-corrected chi connectivity index (χ1v) is 7.51. The Morgan fingerprint density at radius 3 is 2.57 bits per heavy atom. The van der Waals surface area contributed by atoms with Gasteiger partial charge < -0.3 is 9.73 Å². The molecule has 108 valence electrons. The van der Waals surface area contributed by atoms with E-state index in [0.29, 0.717) is 5.92 Å². The van der Waals surface area contributed by atoms with E-state index in [2.05, 4.69) is 67.7 Å². The van der Waals surface area contributed by atoms with Crippen molar-refractivity contribution in [2.75, 3.05) is 6.54 Å². The molecule has 21 heavy (non-hydrogen) atoms. The van der Waals surface area contributed by atoms with Gasteiger partial charge in [-0.25, -0.2) is 0 Å². The van der Waals surface area contributed by atoms with Crippen molar-refractivity contribution in [1.82, 2.24) is 5.32 Å². The van der Waals surface area contributed by atoms with Crippen LogP contribution in [-0.4, -0.2) is 6.54 Å². The molecule has 0 unspecified atom stereocenters. The van der Waals surface area contributed by atoms with Gasteiger partial charge in [-0.15, -0.1) is 0 Å². The highest BCUT2D eigenvalue weighted by molar-refractivity contribution is 5.92. The van der Waals surface area contributed by atoms with E-state index in [1.54, 1.807) is 0 Å². The maximum Gasteiger partial charge on any atom is 0.142 e. The minimum Gasteiger partial charge on any atom is -0.459 e. The standard InChI is InChI=1S/C19H21NO/c1-14(2)12-20-13-17-11-16-9-6-10-18(19(16)21-17)15-7-4-3-5-8-15/h3-11,14,20H,12-13H2,1-2H3. The minimum atomic E-state index is 0.647. The fourth-order valence-corrected chi connectivity index (χ4v) is 2.53. The molecule has 1 N–H and O–H groups in total. The van der Waals surface area contributed by atoms with Crippen molar-refractivity contribution in [3.63, 3.8) is 0 Å². The summed E-state index contributed by atoms with van der Waals surface area (Å²) in [5.41, 5.74) is 3.33. The molecule has 2 nitrogen and oxygen atoms in total. The number of hydrogen-bond donors (Lipinski definition) is 1. The van der Waals surface area contributed by atoms with E-state index in [0.717, 1.165) is 35.4 Å². The second-order valence-electron chi connectivity index (χ2n) is 5.83. The third kappa shape index (κ3) is 3.17. The van der Waals surface area contributed by atoms with Gasteiger partial charge in [0.2, 0.25) is 0 Å². The van der Waals surface area contributed by atoms with Crippen molar-refractivity contribution >= 4 is 11.0 Å². The second-order valence-corrected chi connectivity index (χ2v) is 5.83. The number of para-hydroxylation sites is 1. The number of furan rings is 1. The van der Waals surface area contributed by atoms with Crippen molar-refractivity contribution in [2.24, 2.45) is 5.92 Å². The molecular weight excluding hydrogens is 258 g/mol. The van der Waals surface area contributed by atoms with E-state index in [1.165, 1.54) is 5.56 Å². The third-order valence-electron chi connectivity index (χ3n) is 3.53. The van der Waals surface area contributed by atoms with Crippen molar-refractivity contribution < 1.29 is 4.42 Å². The van der Waals surface area contributed by atoms with E-state index in [-0.39, 0.29) is 0 Å². The number of nitrogens with one attached hydrogen (secondary N) is 1. The van der Waals surface area contributed by atoms with Crippen LogP contribution < -0.4 is 5.32 Å². The van der Waals surface area contributed by atoms with Crippen molar-refractivity contribution in [1.29, 1.82) is 0 Å². The molecule has 0 fully saturated rings. The minimum absolute atomic E-state index is 0.647. The zero-order valence-corrected chi connectivity index (χ0v) is 12.6. The lowest BCUT2D eigenvalue weighted by Crippen LogP contribution is -2.18. The van der Waals surface area contributed by atoms with Crippen LogP contribution in [0.1, 0.15) is 19.6 Å². The van der Waals surface area contributed by atoms with Gasteiger partial charge in [-0.2, -0.15) is 0 Å². The predicted molar refractivity (Wildman–Crippen MR) is 88.2 cm³/mol. The summed E-state index contributed by atoms with van der Waals surface area (Å²) in [6.07, 6.45) is 0. The Morgan fingerprint density at radius 1 is 1.00 bits per heavy atom. The largest absolute Gasteiger partial charge is 0.459 e. The fourth-order valence-electron chi connectivity index (χ4n) is 2.53. The van der Waals surface area contributed by atoms with E-state index >= 15 is 0 Å². The monoisotopic (exact) mass is 279 g/mol. The smallest absolute Gasteiger partial charge is 0.142 e. The average molecular weight is 279 g/mol. The molecule has 1 aromatic heterocycles. The van der Waals surface area contributed by atoms with Crippen molar-refractivity contribution in [3.8, 4) is 11.1 Å². The summed E-state index contributed by atoms with van der Waals surface area (Å²) >= 11 is 0. The van der Waals surface area contributed by atoms with Gasteiger partial charge in [0, 0.05) is 10.9 Å². The Labute approximate surface area is 125 Å². The summed E-state index contributed by atoms with van der Waals surface area (Å²) in [5.74, 6) is 1.64. The van der Waals surface area contributed by atoms with E-state index < -0.39 is 0 Å². The van der Waals surface area contributed by atoms with Gasteiger partial charge in [0.05, 0.1) is 6.54 Å². The summed E-state index contributed by atoms with van der Waals surface area (Å²) in [5, 5.41) is 4.59. The van der Waals surface area contributed by atoms with Crippen LogP contribution >= 0.6 is 0 Å². The highest BCUT2D eigenvalue weighted by Gasteiger charge is 2.09. The van der Waals surface area contributed by atoms with Crippen molar-refractivity contribution in [3.05, 3.63) is 60.4 Å². The van der Waals surface area contributed by atoms with Gasteiger partial charge in [-0.1, -0.05) is 62.4 Å². The quantitative estimate of drug-likeness (QED) is 0.722. The van der Waals surface area contributed by atoms with Gasteiger partial charge in [0.15, 0.2) is 0 Å². The van der Waals surface area contributed by atoms with Crippen LogP contribution in [0.5, 0.6) is 0 Å². The lowest BCUT2D eigenvalue weighted by molar-refractivity contribution is 0.485. The zero-order chi connectivity index (χ0) is 14.7. The summed E-state index contributed by atoms with van der Waals surface area (Å²) in [6.45, 7) is 6.20. The van der Waals surface area contributed by atoms with Crippen LogP contribution in [0, 0.1) is 5.92 Å². The van der Waals surface area contributed by atoms with Crippen LogP contribution in [0.15, 0.2) is 59.0 Å². The number of rotatable bonds is 5. The van der Waals surface area contributed by atoms with E-state index in [4.69, 9.17) is 4.42 Å². The van der Waals surface area contributed by atoms with Gasteiger partial charge in [-0.05, 0) is 24.1 Å². The highest BCUT2D eigenvalue weighted by atomic mass is 16.3. The molecule has 0 aliphatic rings. The molecule has 0 bridgehead atoms. The molecule has 0 atom stereocenters. The van der Waals surface area contributed by atoms with Gasteiger partial charge >= 0.3 is 0 Å². The first-order valence-electron chi connectivity index (χ1n) is 7.51. The molecule has 3 aromatic rings. The Hall–Kier alpha value is -2.06. The Kier molecular flexibility index (Phi) is 4.07. The Bertz CT molecular complexity index is 713. The number of fused-ring (bicyclic) bond motifs is 1. The summed E-state index contributed by atoms with van der Waals surface area (Å²) in [4.78, 5) is 0. The maximum atomic E-state index is 6.07. The Morgan fingerprint density at radius 2 is 1.81 bits per heavy atom. The molecule has 0 aliphatic carbocycles. The zero-order valence-electron chi connectivity index (χ0n) is 12.6. The molecule has 0 saturated heterocycles. The molecule has 1 heterocycles. The van der Waals surface area contributed by atoms with Crippen LogP contribution in [0.4, 0.5) is 0 Å². The van der Waals surface area contributed by atoms with E-state index in [9.17, 15) is 0 Å². The highest BCUT2D eigenvalue weighted by Crippen LogP contribution is 2.30. The molecule has 2 aromatic carbocycles. The maximum absolute atomic E-state index is 6.07. The first-order chi connectivity index (χ1) is 10.2. The molecule has 0 spiro atoms. The molecule has 3 rings (SSSR count). The normalized spacial score (nSPS) is 11.4. The van der Waals surface area contributed by atoms with Crippen LogP contribution in [-0.2, 0) is 6.54 Å². The molecular formula is C19H21NO. The van der Waals surface area contributed by atoms with Crippen LogP contribution in [0.3, 0.4) is 0 Å². The SMILES string of the molecule is CC(C)CNCc1cc2cccc(-c3ccccc3)c2o1. The van der Waals surface area contributed by atoms with Crippen molar-refractivity contribution in [2.45, 2.75) is 20.4 Å². The second kappa shape index (κ2) is 6.15. The topological polar surface area (TPSA) is 25.2 Å². The van der Waals surface area contributed by atoms with Crippen LogP contribution in [0.2, 0.25) is 0 Å². The first kappa shape index (κ1) is 13.9. The average Bonchev–Trinajstić information content (AvgIpc) is 2.90. The Balaban J connectivity index is 1.91. The summed E-state index contributed by atoms with van der Waals surface area (Å²) < 4.78 is 6.07. The lowest BCUT2D eigenvalue weighted by atomic mass is 10.0. The predicted octanol–water partition coefficient (Wildman–Crippen LogP) is 4.85. The fraction of sp³-hybridized carbons (Fsp3) is 0.263. The van der Waals surface area contributed by atoms with E-state index in [1.807, 2.05) is 6.07 Å². The summed E-state index contributed by atoms with van der Waals surface area (Å²) in [6, 6.07) is 18.8. The molecule has 0 radical (unpaired) electrons. The van der Waals surface area contributed by atoms with Gasteiger partial charge in [-0.3, -0.25) is 0 Å². The molecule has 0 saturated carbocycles. The van der Waals surface area contributed by atoms with Gasteiger partial charge in [0.25, 0.3) is 0 Å². The number of hydrogen-bond acceptors (Lipinski definition) is 2. The molecule has 0 amide bonds.